The molecule has 1 N–H and O–H groups in total. The maximum Gasteiger partial charge on any atom is 0.185 e. The molecule has 1 aromatic rings. The second-order valence-electron chi connectivity index (χ2n) is 6.10. The number of nitrogens with one attached hydrogen (secondary N) is 1. The van der Waals surface area contributed by atoms with Crippen molar-refractivity contribution in [2.75, 3.05) is 18.5 Å². The van der Waals surface area contributed by atoms with Crippen molar-refractivity contribution in [2.24, 2.45) is 5.92 Å². The average molecular weight is 279 g/mol. The molecule has 0 bridgehead atoms. The van der Waals surface area contributed by atoms with Crippen LogP contribution in [0.4, 0.5) is 5.13 Å². The molecule has 2 saturated carbocycles. The molecule has 1 aromatic heterocycles. The maximum atomic E-state index is 4.88. The van der Waals surface area contributed by atoms with Gasteiger partial charge in [-0.2, -0.15) is 0 Å². The van der Waals surface area contributed by atoms with Gasteiger partial charge in [-0.15, -0.1) is 11.3 Å². The molecule has 0 aromatic carbocycles. The van der Waals surface area contributed by atoms with E-state index in [0.717, 1.165) is 24.9 Å². The predicted octanol–water partition coefficient (Wildman–Crippen LogP) is 3.19. The van der Waals surface area contributed by atoms with Crippen LogP contribution < -0.4 is 10.2 Å². The maximum absolute atomic E-state index is 4.88. The van der Waals surface area contributed by atoms with Gasteiger partial charge in [-0.25, -0.2) is 4.98 Å². The lowest BCUT2D eigenvalue weighted by Crippen LogP contribution is -2.19. The van der Waals surface area contributed by atoms with E-state index in [1.54, 1.807) is 0 Å². The molecule has 3 rings (SSSR count). The first-order valence-electron chi connectivity index (χ1n) is 7.69. The monoisotopic (exact) mass is 279 g/mol. The highest BCUT2D eigenvalue weighted by atomic mass is 32.1. The standard InChI is InChI=1S/C15H25N3S/c1-3-4-13-14(9-16-12-7-8-12)19-15(17-13)18(2)10-11-5-6-11/h11-12,16H,3-10H2,1-2H3. The van der Waals surface area contributed by atoms with Gasteiger partial charge in [0, 0.05) is 31.1 Å². The van der Waals surface area contributed by atoms with Crippen LogP contribution in [0.2, 0.25) is 0 Å². The second kappa shape index (κ2) is 5.80. The first kappa shape index (κ1) is 13.4. The topological polar surface area (TPSA) is 28.2 Å². The summed E-state index contributed by atoms with van der Waals surface area (Å²) in [5.41, 5.74) is 1.33. The summed E-state index contributed by atoms with van der Waals surface area (Å²) in [6.07, 6.45) is 7.84. The van der Waals surface area contributed by atoms with Gasteiger partial charge in [0.15, 0.2) is 5.13 Å². The molecular formula is C15H25N3S. The minimum atomic E-state index is 0.782. The van der Waals surface area contributed by atoms with E-state index in [9.17, 15) is 0 Å². The summed E-state index contributed by atoms with van der Waals surface area (Å²) < 4.78 is 0. The number of hydrogen-bond donors (Lipinski definition) is 1. The van der Waals surface area contributed by atoms with Crippen LogP contribution in [0.1, 0.15) is 49.6 Å². The number of hydrogen-bond acceptors (Lipinski definition) is 4. The van der Waals surface area contributed by atoms with E-state index in [4.69, 9.17) is 4.98 Å². The number of aromatic nitrogens is 1. The lowest BCUT2D eigenvalue weighted by atomic mass is 10.2. The quantitative estimate of drug-likeness (QED) is 0.792. The second-order valence-corrected chi connectivity index (χ2v) is 7.16. The van der Waals surface area contributed by atoms with Crippen LogP contribution in [0.25, 0.3) is 0 Å². The molecule has 3 nitrogen and oxygen atoms in total. The van der Waals surface area contributed by atoms with Crippen molar-refractivity contribution >= 4 is 16.5 Å². The smallest absolute Gasteiger partial charge is 0.185 e. The summed E-state index contributed by atoms with van der Waals surface area (Å²) >= 11 is 1.90. The van der Waals surface area contributed by atoms with E-state index in [-0.39, 0.29) is 0 Å². The fourth-order valence-corrected chi connectivity index (χ4v) is 3.42. The van der Waals surface area contributed by atoms with Crippen LogP contribution in [-0.2, 0) is 13.0 Å². The minimum absolute atomic E-state index is 0.782. The summed E-state index contributed by atoms with van der Waals surface area (Å²) in [6.45, 7) is 4.45. The Balaban J connectivity index is 1.66. The largest absolute Gasteiger partial charge is 0.351 e. The lowest BCUT2D eigenvalue weighted by molar-refractivity contribution is 0.686. The van der Waals surface area contributed by atoms with E-state index in [0.29, 0.717) is 0 Å². The highest BCUT2D eigenvalue weighted by Gasteiger charge is 2.25. The fraction of sp³-hybridized carbons (Fsp3) is 0.800. The Bertz CT molecular complexity index is 421. The molecule has 0 unspecified atom stereocenters. The third-order valence-corrected chi connectivity index (χ3v) is 5.15. The number of nitrogens with zero attached hydrogens (tertiary/aromatic N) is 2. The van der Waals surface area contributed by atoms with Gasteiger partial charge in [0.25, 0.3) is 0 Å². The number of aryl methyl sites for hydroxylation is 1. The van der Waals surface area contributed by atoms with E-state index in [2.05, 4.69) is 24.2 Å². The van der Waals surface area contributed by atoms with Gasteiger partial charge in [0.05, 0.1) is 5.69 Å². The van der Waals surface area contributed by atoms with E-state index in [1.165, 1.54) is 54.4 Å². The Morgan fingerprint density at radius 2 is 2.11 bits per heavy atom. The van der Waals surface area contributed by atoms with Gasteiger partial charge in [0.1, 0.15) is 0 Å². The zero-order valence-electron chi connectivity index (χ0n) is 12.1. The van der Waals surface area contributed by atoms with Crippen molar-refractivity contribution in [3.05, 3.63) is 10.6 Å². The lowest BCUT2D eigenvalue weighted by Gasteiger charge is -2.14. The Hall–Kier alpha value is -0.610. The first-order valence-corrected chi connectivity index (χ1v) is 8.51. The highest BCUT2D eigenvalue weighted by molar-refractivity contribution is 7.15. The molecule has 0 atom stereocenters. The van der Waals surface area contributed by atoms with Crippen molar-refractivity contribution in [3.8, 4) is 0 Å². The van der Waals surface area contributed by atoms with Crippen molar-refractivity contribution < 1.29 is 0 Å². The SMILES string of the molecule is CCCc1nc(N(C)CC2CC2)sc1CNC1CC1. The summed E-state index contributed by atoms with van der Waals surface area (Å²) in [5, 5.41) is 4.85. The molecule has 1 heterocycles. The van der Waals surface area contributed by atoms with E-state index >= 15 is 0 Å². The summed E-state index contributed by atoms with van der Waals surface area (Å²) in [4.78, 5) is 8.71. The molecule has 19 heavy (non-hydrogen) atoms. The molecular weight excluding hydrogens is 254 g/mol. The van der Waals surface area contributed by atoms with Gasteiger partial charge in [-0.3, -0.25) is 0 Å². The zero-order chi connectivity index (χ0) is 13.2. The number of anilines is 1. The highest BCUT2D eigenvalue weighted by Crippen LogP contribution is 2.33. The van der Waals surface area contributed by atoms with Crippen LogP contribution >= 0.6 is 11.3 Å². The third kappa shape index (κ3) is 3.69. The van der Waals surface area contributed by atoms with Gasteiger partial charge in [-0.05, 0) is 38.0 Å². The van der Waals surface area contributed by atoms with Gasteiger partial charge < -0.3 is 10.2 Å². The zero-order valence-corrected chi connectivity index (χ0v) is 12.9. The summed E-state index contributed by atoms with van der Waals surface area (Å²) in [5.74, 6) is 0.927. The normalized spacial score (nSPS) is 18.8. The molecule has 0 spiro atoms. The van der Waals surface area contributed by atoms with Crippen LogP contribution in [0.5, 0.6) is 0 Å². The minimum Gasteiger partial charge on any atom is -0.351 e. The Kier molecular flexibility index (Phi) is 4.08. The Morgan fingerprint density at radius 3 is 2.74 bits per heavy atom. The Labute approximate surface area is 120 Å². The molecule has 2 fully saturated rings. The van der Waals surface area contributed by atoms with Gasteiger partial charge in [0.2, 0.25) is 0 Å². The molecule has 0 saturated heterocycles. The average Bonchev–Trinajstić information content (AvgIpc) is 3.30. The number of rotatable bonds is 8. The molecule has 4 heteroatoms. The predicted molar refractivity (Wildman–Crippen MR) is 82.0 cm³/mol. The molecule has 106 valence electrons. The first-order chi connectivity index (χ1) is 9.26. The van der Waals surface area contributed by atoms with E-state index in [1.807, 2.05) is 11.3 Å². The Morgan fingerprint density at radius 1 is 1.32 bits per heavy atom. The van der Waals surface area contributed by atoms with Gasteiger partial charge in [-0.1, -0.05) is 13.3 Å². The van der Waals surface area contributed by atoms with Crippen molar-refractivity contribution in [3.63, 3.8) is 0 Å². The van der Waals surface area contributed by atoms with Crippen molar-refractivity contribution in [2.45, 2.75) is 58.0 Å². The molecule has 2 aliphatic carbocycles. The van der Waals surface area contributed by atoms with Crippen LogP contribution in [0.15, 0.2) is 0 Å². The number of thiazole rings is 1. The van der Waals surface area contributed by atoms with E-state index < -0.39 is 0 Å². The fourth-order valence-electron chi connectivity index (χ4n) is 2.39. The third-order valence-electron chi connectivity index (χ3n) is 3.94. The molecule has 2 aliphatic rings. The molecule has 0 amide bonds. The molecule has 0 radical (unpaired) electrons. The summed E-state index contributed by atoms with van der Waals surface area (Å²) in [7, 11) is 2.20. The van der Waals surface area contributed by atoms with Crippen molar-refractivity contribution in [1.29, 1.82) is 0 Å². The van der Waals surface area contributed by atoms with Crippen LogP contribution in [0.3, 0.4) is 0 Å². The summed E-state index contributed by atoms with van der Waals surface area (Å²) in [6, 6.07) is 0.782. The van der Waals surface area contributed by atoms with Crippen LogP contribution in [-0.4, -0.2) is 24.6 Å². The van der Waals surface area contributed by atoms with Gasteiger partial charge >= 0.3 is 0 Å². The van der Waals surface area contributed by atoms with Crippen molar-refractivity contribution in [1.82, 2.24) is 10.3 Å². The van der Waals surface area contributed by atoms with Crippen LogP contribution in [0, 0.1) is 5.92 Å². The molecule has 0 aliphatic heterocycles.